The maximum Gasteiger partial charge on any atom is 0.411 e. The van der Waals surface area contributed by atoms with Crippen molar-refractivity contribution in [2.45, 2.75) is 36.3 Å². The van der Waals surface area contributed by atoms with E-state index in [1.54, 1.807) is 72.5 Å². The van der Waals surface area contributed by atoms with E-state index < -0.39 is 27.6 Å². The lowest BCUT2D eigenvalue weighted by Crippen LogP contribution is -2.55. The van der Waals surface area contributed by atoms with Crippen molar-refractivity contribution in [3.63, 3.8) is 0 Å². The number of amides is 2. The van der Waals surface area contributed by atoms with Gasteiger partial charge in [0.2, 0.25) is 5.60 Å². The van der Waals surface area contributed by atoms with E-state index in [0.717, 1.165) is 30.2 Å². The van der Waals surface area contributed by atoms with Crippen LogP contribution in [-0.2, 0) is 25.2 Å². The number of para-hydroxylation sites is 2. The van der Waals surface area contributed by atoms with Crippen LogP contribution in [0.1, 0.15) is 30.9 Å². The molecule has 1 unspecified atom stereocenters. The van der Waals surface area contributed by atoms with Gasteiger partial charge in [-0.05, 0) is 76.3 Å². The first-order valence-corrected chi connectivity index (χ1v) is 18.4. The summed E-state index contributed by atoms with van der Waals surface area (Å²) in [5.41, 5.74) is -1.64. The quantitative estimate of drug-likeness (QED) is 0.261. The molecule has 0 spiro atoms. The van der Waals surface area contributed by atoms with Crippen molar-refractivity contribution < 1.29 is 32.2 Å². The molecule has 0 N–H and O–H groups in total. The van der Waals surface area contributed by atoms with Crippen molar-refractivity contribution in [1.29, 1.82) is 0 Å². The molecule has 3 aromatic carbocycles. The van der Waals surface area contributed by atoms with E-state index in [0.29, 0.717) is 43.4 Å². The molecule has 2 fully saturated rings. The maximum atomic E-state index is 15.2. The standard InChI is InChI=1S/C37H41N5O7S/c1-4-48-32-12-6-5-11-29(32)37(49-36(44)41-23-21-40(22-24-41)27-16-19-39(2)20-17-27)30-25-28(47-3)14-15-31(30)42(35(37)43)50(45,46)33-13-7-9-26-10-8-18-38-34(26)33/h5-15,18,25,27H,4,16-17,19-24H2,1-3H3. The molecule has 1 aromatic heterocycles. The summed E-state index contributed by atoms with van der Waals surface area (Å²) in [5, 5.41) is 0.592. The van der Waals surface area contributed by atoms with Crippen LogP contribution in [0, 0.1) is 0 Å². The number of rotatable bonds is 8. The number of methoxy groups -OCH3 is 1. The summed E-state index contributed by atoms with van der Waals surface area (Å²) < 4.78 is 48.2. The minimum atomic E-state index is -4.61. The Morgan fingerprint density at radius 3 is 2.40 bits per heavy atom. The molecule has 3 aliphatic heterocycles. The predicted molar refractivity (Wildman–Crippen MR) is 188 cm³/mol. The molecule has 2 saturated heterocycles. The molecule has 2 amide bonds. The number of carbonyl (C=O) groups is 2. The van der Waals surface area contributed by atoms with Crippen LogP contribution < -0.4 is 13.8 Å². The van der Waals surface area contributed by atoms with Crippen LogP contribution >= 0.6 is 0 Å². The molecule has 4 aromatic rings. The molecule has 262 valence electrons. The van der Waals surface area contributed by atoms with Crippen molar-refractivity contribution in [3.8, 4) is 11.5 Å². The number of piperidine rings is 1. The van der Waals surface area contributed by atoms with E-state index in [1.807, 2.05) is 0 Å². The monoisotopic (exact) mass is 699 g/mol. The third-order valence-corrected chi connectivity index (χ3v) is 11.7. The first kappa shape index (κ1) is 33.8. The summed E-state index contributed by atoms with van der Waals surface area (Å²) in [6.45, 7) is 6.26. The second-order valence-corrected chi connectivity index (χ2v) is 14.6. The van der Waals surface area contributed by atoms with Crippen LogP contribution in [-0.4, -0.2) is 106 Å². The van der Waals surface area contributed by atoms with E-state index in [9.17, 15) is 13.2 Å². The molecule has 50 heavy (non-hydrogen) atoms. The highest BCUT2D eigenvalue weighted by atomic mass is 32.2. The Bertz CT molecular complexity index is 2020. The zero-order chi connectivity index (χ0) is 35.0. The fourth-order valence-electron chi connectivity index (χ4n) is 7.37. The van der Waals surface area contributed by atoms with Gasteiger partial charge in [-0.15, -0.1) is 0 Å². The number of nitrogens with zero attached hydrogens (tertiary/aromatic N) is 5. The van der Waals surface area contributed by atoms with Gasteiger partial charge < -0.3 is 24.0 Å². The molecular weight excluding hydrogens is 659 g/mol. The lowest BCUT2D eigenvalue weighted by atomic mass is 9.86. The molecule has 12 nitrogen and oxygen atoms in total. The maximum absolute atomic E-state index is 15.2. The Morgan fingerprint density at radius 2 is 1.66 bits per heavy atom. The summed E-state index contributed by atoms with van der Waals surface area (Å²) in [6, 6.07) is 20.1. The van der Waals surface area contributed by atoms with Gasteiger partial charge in [0.25, 0.3) is 15.9 Å². The summed E-state index contributed by atoms with van der Waals surface area (Å²) in [7, 11) is -1.01. The largest absolute Gasteiger partial charge is 0.497 e. The fraction of sp³-hybridized carbons (Fsp3) is 0.378. The van der Waals surface area contributed by atoms with Gasteiger partial charge in [-0.1, -0.05) is 36.4 Å². The highest BCUT2D eigenvalue weighted by Gasteiger charge is 2.61. The van der Waals surface area contributed by atoms with Crippen LogP contribution in [0.3, 0.4) is 0 Å². The number of likely N-dealkylation sites (tertiary alicyclic amines) is 1. The Morgan fingerprint density at radius 1 is 0.920 bits per heavy atom. The molecule has 0 aliphatic carbocycles. The number of pyridine rings is 1. The zero-order valence-electron chi connectivity index (χ0n) is 28.4. The van der Waals surface area contributed by atoms with E-state index in [2.05, 4.69) is 21.8 Å². The summed E-state index contributed by atoms with van der Waals surface area (Å²) in [6.07, 6.45) is 2.92. The first-order chi connectivity index (χ1) is 24.2. The highest BCUT2D eigenvalue weighted by Crippen LogP contribution is 2.52. The Kier molecular flexibility index (Phi) is 9.14. The van der Waals surface area contributed by atoms with Crippen LogP contribution in [0.5, 0.6) is 11.5 Å². The van der Waals surface area contributed by atoms with E-state index >= 15 is 4.79 Å². The van der Waals surface area contributed by atoms with Crippen LogP contribution in [0.2, 0.25) is 0 Å². The molecule has 3 aliphatic rings. The van der Waals surface area contributed by atoms with Gasteiger partial charge in [-0.25, -0.2) is 13.2 Å². The third kappa shape index (κ3) is 5.72. The zero-order valence-corrected chi connectivity index (χ0v) is 29.3. The average molecular weight is 700 g/mol. The van der Waals surface area contributed by atoms with E-state index in [4.69, 9.17) is 14.2 Å². The molecular formula is C37H41N5O7S. The van der Waals surface area contributed by atoms with Crippen molar-refractivity contribution in [2.75, 3.05) is 64.3 Å². The lowest BCUT2D eigenvalue weighted by Gasteiger charge is -2.42. The van der Waals surface area contributed by atoms with Gasteiger partial charge in [0.15, 0.2) is 0 Å². The Hall–Kier alpha value is -4.72. The summed E-state index contributed by atoms with van der Waals surface area (Å²) >= 11 is 0. The van der Waals surface area contributed by atoms with Crippen molar-refractivity contribution in [1.82, 2.24) is 19.7 Å². The minimum absolute atomic E-state index is 0.0370. The number of ether oxygens (including phenoxy) is 3. The second-order valence-electron chi connectivity index (χ2n) is 12.8. The second kappa shape index (κ2) is 13.5. The van der Waals surface area contributed by atoms with Crippen molar-refractivity contribution >= 4 is 38.6 Å². The summed E-state index contributed by atoms with van der Waals surface area (Å²) in [5.74, 6) is -0.342. The van der Waals surface area contributed by atoms with Crippen LogP contribution in [0.4, 0.5) is 10.5 Å². The van der Waals surface area contributed by atoms with E-state index in [1.165, 1.54) is 25.4 Å². The van der Waals surface area contributed by atoms with Crippen LogP contribution in [0.25, 0.3) is 10.9 Å². The number of hydrogen-bond donors (Lipinski definition) is 0. The van der Waals surface area contributed by atoms with Gasteiger partial charge >= 0.3 is 6.09 Å². The molecule has 0 saturated carbocycles. The van der Waals surface area contributed by atoms with E-state index in [-0.39, 0.29) is 39.6 Å². The normalized spacial score (nSPS) is 20.6. The highest BCUT2D eigenvalue weighted by molar-refractivity contribution is 7.93. The molecule has 1 atom stereocenters. The van der Waals surface area contributed by atoms with Gasteiger partial charge in [-0.3, -0.25) is 14.7 Å². The molecule has 0 radical (unpaired) electrons. The topological polar surface area (TPSA) is 122 Å². The number of hydrogen-bond acceptors (Lipinski definition) is 10. The average Bonchev–Trinajstić information content (AvgIpc) is 3.39. The smallest absolute Gasteiger partial charge is 0.411 e. The first-order valence-electron chi connectivity index (χ1n) is 16.9. The predicted octanol–water partition coefficient (Wildman–Crippen LogP) is 4.47. The number of sulfonamides is 1. The molecule has 0 bridgehead atoms. The lowest BCUT2D eigenvalue weighted by molar-refractivity contribution is -0.132. The van der Waals surface area contributed by atoms with Crippen molar-refractivity contribution in [3.05, 3.63) is 90.1 Å². The van der Waals surface area contributed by atoms with Gasteiger partial charge in [0.05, 0.1) is 30.5 Å². The SMILES string of the molecule is CCOc1ccccc1C1(OC(=O)N2CCN(C3CCN(C)CC3)CC2)C(=O)N(S(=O)(=O)c2cccc3cccnc23)c2ccc(OC)cc21. The van der Waals surface area contributed by atoms with Crippen LogP contribution in [0.15, 0.2) is 83.9 Å². The Balaban J connectivity index is 1.33. The van der Waals surface area contributed by atoms with Gasteiger partial charge in [0, 0.05) is 49.4 Å². The molecule has 4 heterocycles. The number of piperazine rings is 1. The van der Waals surface area contributed by atoms with Gasteiger partial charge in [0.1, 0.15) is 16.4 Å². The minimum Gasteiger partial charge on any atom is -0.497 e. The number of benzene rings is 3. The number of fused-ring (bicyclic) bond motifs is 2. The fourth-order valence-corrected chi connectivity index (χ4v) is 9.00. The summed E-state index contributed by atoms with van der Waals surface area (Å²) in [4.78, 5) is 40.1. The number of carbonyl (C=O) groups excluding carboxylic acids is 2. The molecule has 7 rings (SSSR count). The number of anilines is 1. The van der Waals surface area contributed by atoms with Crippen molar-refractivity contribution in [2.24, 2.45) is 0 Å². The Labute approximate surface area is 292 Å². The molecule has 13 heteroatoms. The third-order valence-electron chi connectivity index (χ3n) is 9.98. The number of aromatic nitrogens is 1. The van der Waals surface area contributed by atoms with Gasteiger partial charge in [-0.2, -0.15) is 4.31 Å².